The Morgan fingerprint density at radius 3 is 2.57 bits per heavy atom. The quantitative estimate of drug-likeness (QED) is 0.829. The maximum Gasteiger partial charge on any atom is 0.123 e. The number of hydrogen-bond acceptors (Lipinski definition) is 4. The van der Waals surface area contributed by atoms with E-state index < -0.39 is 0 Å². The maximum absolute atomic E-state index is 6.00. The summed E-state index contributed by atoms with van der Waals surface area (Å²) in [6.45, 7) is 11.6. The van der Waals surface area contributed by atoms with E-state index in [0.717, 1.165) is 51.6 Å². The van der Waals surface area contributed by atoms with Crippen LogP contribution in [0, 0.1) is 0 Å². The van der Waals surface area contributed by atoms with Crippen LogP contribution in [-0.4, -0.2) is 62.2 Å². The summed E-state index contributed by atoms with van der Waals surface area (Å²) in [5.74, 6) is 1.01. The van der Waals surface area contributed by atoms with E-state index >= 15 is 0 Å². The van der Waals surface area contributed by atoms with Crippen LogP contribution >= 0.6 is 0 Å². The molecule has 1 fully saturated rings. The third kappa shape index (κ3) is 5.65. The lowest BCUT2D eigenvalue weighted by Gasteiger charge is -2.32. The Hall–Kier alpha value is -1.10. The zero-order chi connectivity index (χ0) is 15.1. The number of nitrogens with one attached hydrogen (secondary N) is 1. The van der Waals surface area contributed by atoms with Crippen molar-refractivity contribution in [2.24, 2.45) is 0 Å². The first-order valence-electron chi connectivity index (χ1n) is 8.00. The van der Waals surface area contributed by atoms with E-state index in [0.29, 0.717) is 6.04 Å². The third-order valence-corrected chi connectivity index (χ3v) is 3.93. The van der Waals surface area contributed by atoms with Crippen molar-refractivity contribution in [3.63, 3.8) is 0 Å². The van der Waals surface area contributed by atoms with Crippen molar-refractivity contribution >= 4 is 0 Å². The smallest absolute Gasteiger partial charge is 0.123 e. The molecule has 0 amide bonds. The highest BCUT2D eigenvalue weighted by Gasteiger charge is 2.13. The van der Waals surface area contributed by atoms with E-state index in [1.807, 2.05) is 6.07 Å². The predicted molar refractivity (Wildman–Crippen MR) is 87.8 cm³/mol. The highest BCUT2D eigenvalue weighted by Crippen LogP contribution is 2.17. The summed E-state index contributed by atoms with van der Waals surface area (Å²) in [6, 6.07) is 8.82. The SMILES string of the molecule is CC(C)NCc1ccccc1OCCN1CCN(C)CC1. The van der Waals surface area contributed by atoms with E-state index in [2.05, 4.69) is 54.2 Å². The van der Waals surface area contributed by atoms with Crippen molar-refractivity contribution < 1.29 is 4.74 Å². The molecule has 118 valence electrons. The van der Waals surface area contributed by atoms with E-state index in [4.69, 9.17) is 4.74 Å². The van der Waals surface area contributed by atoms with Crippen molar-refractivity contribution in [3.05, 3.63) is 29.8 Å². The molecule has 0 spiro atoms. The molecule has 1 aliphatic rings. The van der Waals surface area contributed by atoms with Gasteiger partial charge >= 0.3 is 0 Å². The summed E-state index contributed by atoms with van der Waals surface area (Å²) in [5.41, 5.74) is 1.24. The van der Waals surface area contributed by atoms with Crippen molar-refractivity contribution in [1.82, 2.24) is 15.1 Å². The van der Waals surface area contributed by atoms with Crippen LogP contribution in [-0.2, 0) is 6.54 Å². The minimum absolute atomic E-state index is 0.489. The van der Waals surface area contributed by atoms with Gasteiger partial charge in [0, 0.05) is 50.9 Å². The lowest BCUT2D eigenvalue weighted by molar-refractivity contribution is 0.133. The Kier molecular flexibility index (Phi) is 6.49. The summed E-state index contributed by atoms with van der Waals surface area (Å²) >= 11 is 0. The molecule has 0 aromatic heterocycles. The number of likely N-dealkylation sites (N-methyl/N-ethyl adjacent to an activating group) is 1. The van der Waals surface area contributed by atoms with Gasteiger partial charge in [-0.05, 0) is 13.1 Å². The molecule has 4 heteroatoms. The molecule has 2 rings (SSSR count). The van der Waals surface area contributed by atoms with Gasteiger partial charge in [-0.15, -0.1) is 0 Å². The van der Waals surface area contributed by atoms with Crippen molar-refractivity contribution in [2.45, 2.75) is 26.4 Å². The number of nitrogens with zero attached hydrogens (tertiary/aromatic N) is 2. The Morgan fingerprint density at radius 1 is 1.14 bits per heavy atom. The molecule has 0 atom stereocenters. The first kappa shape index (κ1) is 16.3. The number of para-hydroxylation sites is 1. The molecule has 0 aliphatic carbocycles. The summed E-state index contributed by atoms with van der Waals surface area (Å²) in [5, 5.41) is 3.45. The van der Waals surface area contributed by atoms with E-state index in [-0.39, 0.29) is 0 Å². The number of piperazine rings is 1. The van der Waals surface area contributed by atoms with Crippen LogP contribution < -0.4 is 10.1 Å². The second-order valence-electron chi connectivity index (χ2n) is 6.14. The van der Waals surface area contributed by atoms with E-state index in [1.165, 1.54) is 5.56 Å². The Labute approximate surface area is 129 Å². The van der Waals surface area contributed by atoms with Crippen molar-refractivity contribution in [1.29, 1.82) is 0 Å². The molecule has 0 bridgehead atoms. The third-order valence-electron chi connectivity index (χ3n) is 3.93. The van der Waals surface area contributed by atoms with Crippen LogP contribution in [0.4, 0.5) is 0 Å². The number of ether oxygens (including phenoxy) is 1. The van der Waals surface area contributed by atoms with Gasteiger partial charge in [0.25, 0.3) is 0 Å². The lowest BCUT2D eigenvalue weighted by Crippen LogP contribution is -2.45. The molecule has 0 saturated carbocycles. The molecule has 1 aromatic carbocycles. The highest BCUT2D eigenvalue weighted by atomic mass is 16.5. The molecule has 4 nitrogen and oxygen atoms in total. The fraction of sp³-hybridized carbons (Fsp3) is 0.647. The molecular formula is C17H29N3O. The Morgan fingerprint density at radius 2 is 1.86 bits per heavy atom. The van der Waals surface area contributed by atoms with Gasteiger partial charge in [0.15, 0.2) is 0 Å². The zero-order valence-corrected chi connectivity index (χ0v) is 13.6. The first-order valence-corrected chi connectivity index (χ1v) is 8.00. The standard InChI is InChI=1S/C17H29N3O/c1-15(2)18-14-16-6-4-5-7-17(16)21-13-12-20-10-8-19(3)9-11-20/h4-7,15,18H,8-14H2,1-3H3. The second-order valence-corrected chi connectivity index (χ2v) is 6.14. The van der Waals surface area contributed by atoms with Gasteiger partial charge in [-0.2, -0.15) is 0 Å². The summed E-state index contributed by atoms with van der Waals surface area (Å²) in [7, 11) is 2.19. The monoisotopic (exact) mass is 291 g/mol. The predicted octanol–water partition coefficient (Wildman–Crippen LogP) is 1.81. The molecule has 1 N–H and O–H groups in total. The molecule has 0 radical (unpaired) electrons. The van der Waals surface area contributed by atoms with Gasteiger partial charge in [0.2, 0.25) is 0 Å². The fourth-order valence-corrected chi connectivity index (χ4v) is 2.46. The minimum atomic E-state index is 0.489. The van der Waals surface area contributed by atoms with Crippen LogP contribution in [0.5, 0.6) is 5.75 Å². The normalized spacial score (nSPS) is 17.3. The first-order chi connectivity index (χ1) is 10.1. The van der Waals surface area contributed by atoms with E-state index in [1.54, 1.807) is 0 Å². The Bertz CT molecular complexity index is 414. The van der Waals surface area contributed by atoms with Crippen molar-refractivity contribution in [3.8, 4) is 5.75 Å². The van der Waals surface area contributed by atoms with Crippen LogP contribution in [0.25, 0.3) is 0 Å². The number of hydrogen-bond donors (Lipinski definition) is 1. The summed E-state index contributed by atoms with van der Waals surface area (Å²) in [4.78, 5) is 4.86. The zero-order valence-electron chi connectivity index (χ0n) is 13.6. The number of rotatable bonds is 7. The van der Waals surface area contributed by atoms with Gasteiger partial charge in [-0.1, -0.05) is 32.0 Å². The van der Waals surface area contributed by atoms with Gasteiger partial charge in [-0.3, -0.25) is 4.90 Å². The van der Waals surface area contributed by atoms with Gasteiger partial charge in [0.1, 0.15) is 12.4 Å². The molecule has 1 saturated heterocycles. The topological polar surface area (TPSA) is 27.7 Å². The van der Waals surface area contributed by atoms with Gasteiger partial charge in [0.05, 0.1) is 0 Å². The van der Waals surface area contributed by atoms with Gasteiger partial charge < -0.3 is 15.0 Å². The average molecular weight is 291 g/mol. The molecular weight excluding hydrogens is 262 g/mol. The average Bonchev–Trinajstić information content (AvgIpc) is 2.48. The molecule has 21 heavy (non-hydrogen) atoms. The van der Waals surface area contributed by atoms with Crippen LogP contribution in [0.15, 0.2) is 24.3 Å². The summed E-state index contributed by atoms with van der Waals surface area (Å²) in [6.07, 6.45) is 0. The molecule has 1 aliphatic heterocycles. The van der Waals surface area contributed by atoms with Crippen molar-refractivity contribution in [2.75, 3.05) is 46.4 Å². The van der Waals surface area contributed by atoms with E-state index in [9.17, 15) is 0 Å². The van der Waals surface area contributed by atoms with Crippen LogP contribution in [0.2, 0.25) is 0 Å². The minimum Gasteiger partial charge on any atom is -0.492 e. The van der Waals surface area contributed by atoms with Crippen LogP contribution in [0.1, 0.15) is 19.4 Å². The molecule has 0 unspecified atom stereocenters. The fourth-order valence-electron chi connectivity index (χ4n) is 2.46. The second kappa shape index (κ2) is 8.37. The van der Waals surface area contributed by atoms with Gasteiger partial charge in [-0.25, -0.2) is 0 Å². The Balaban J connectivity index is 1.77. The lowest BCUT2D eigenvalue weighted by atomic mass is 10.2. The largest absolute Gasteiger partial charge is 0.492 e. The molecule has 1 aromatic rings. The maximum atomic E-state index is 6.00. The van der Waals surface area contributed by atoms with Crippen LogP contribution in [0.3, 0.4) is 0 Å². The molecule has 1 heterocycles. The number of benzene rings is 1. The summed E-state index contributed by atoms with van der Waals surface area (Å²) < 4.78 is 6.00. The highest BCUT2D eigenvalue weighted by molar-refractivity contribution is 5.33.